The van der Waals surface area contributed by atoms with E-state index in [1.165, 1.54) is 11.8 Å². The first kappa shape index (κ1) is 20.9. The lowest BCUT2D eigenvalue weighted by molar-refractivity contribution is -0.120. The number of amides is 1. The highest BCUT2D eigenvalue weighted by molar-refractivity contribution is 8.00. The zero-order valence-electron chi connectivity index (χ0n) is 16.9. The van der Waals surface area contributed by atoms with Gasteiger partial charge in [0.2, 0.25) is 5.91 Å². The highest BCUT2D eigenvalue weighted by Crippen LogP contribution is 2.35. The number of aromatic nitrogens is 3. The van der Waals surface area contributed by atoms with Gasteiger partial charge in [-0.15, -0.1) is 21.5 Å². The van der Waals surface area contributed by atoms with Gasteiger partial charge < -0.3 is 14.8 Å². The molecule has 2 atom stereocenters. The van der Waals surface area contributed by atoms with Crippen LogP contribution >= 0.6 is 23.1 Å². The van der Waals surface area contributed by atoms with E-state index in [-0.39, 0.29) is 17.3 Å². The van der Waals surface area contributed by atoms with E-state index in [4.69, 9.17) is 9.47 Å². The summed E-state index contributed by atoms with van der Waals surface area (Å²) < 4.78 is 13.1. The third kappa shape index (κ3) is 4.53. The van der Waals surface area contributed by atoms with Crippen LogP contribution in [-0.2, 0) is 9.53 Å². The van der Waals surface area contributed by atoms with E-state index in [0.717, 1.165) is 35.8 Å². The normalized spacial score (nSPS) is 17.1. The Kier molecular flexibility index (Phi) is 6.71. The summed E-state index contributed by atoms with van der Waals surface area (Å²) in [5.74, 6) is 1.40. The van der Waals surface area contributed by atoms with Gasteiger partial charge >= 0.3 is 0 Å². The molecule has 1 aliphatic rings. The van der Waals surface area contributed by atoms with Crippen molar-refractivity contribution in [3.63, 3.8) is 0 Å². The lowest BCUT2D eigenvalue weighted by atomic mass is 10.2. The first-order valence-electron chi connectivity index (χ1n) is 9.86. The van der Waals surface area contributed by atoms with Crippen LogP contribution in [0.4, 0.5) is 0 Å². The van der Waals surface area contributed by atoms with E-state index in [1.807, 2.05) is 53.3 Å². The van der Waals surface area contributed by atoms with Crippen LogP contribution in [0.2, 0.25) is 0 Å². The lowest BCUT2D eigenvalue weighted by Crippen LogP contribution is -2.36. The van der Waals surface area contributed by atoms with Crippen LogP contribution in [0.25, 0.3) is 16.4 Å². The number of hydrogen-bond acceptors (Lipinski definition) is 7. The third-order valence-electron chi connectivity index (χ3n) is 4.88. The maximum Gasteiger partial charge on any atom is 0.233 e. The molecule has 0 aliphatic carbocycles. The van der Waals surface area contributed by atoms with E-state index >= 15 is 0 Å². The van der Waals surface area contributed by atoms with Crippen LogP contribution in [-0.4, -0.2) is 52.3 Å². The van der Waals surface area contributed by atoms with Crippen LogP contribution in [0, 0.1) is 0 Å². The minimum atomic E-state index is -0.333. The van der Waals surface area contributed by atoms with Gasteiger partial charge in [0.1, 0.15) is 5.75 Å². The van der Waals surface area contributed by atoms with Gasteiger partial charge in [0.25, 0.3) is 0 Å². The molecule has 2 aromatic heterocycles. The van der Waals surface area contributed by atoms with E-state index in [0.29, 0.717) is 17.5 Å². The van der Waals surface area contributed by atoms with E-state index in [1.54, 1.807) is 18.4 Å². The second-order valence-corrected chi connectivity index (χ2v) is 9.19. The monoisotopic (exact) mass is 444 g/mol. The van der Waals surface area contributed by atoms with Crippen LogP contribution in [0.15, 0.2) is 46.9 Å². The average molecular weight is 445 g/mol. The maximum absolute atomic E-state index is 12.6. The van der Waals surface area contributed by atoms with Crippen LogP contribution in [0.5, 0.6) is 5.75 Å². The van der Waals surface area contributed by atoms with Gasteiger partial charge in [-0.1, -0.05) is 30.0 Å². The predicted molar refractivity (Wildman–Crippen MR) is 119 cm³/mol. The van der Waals surface area contributed by atoms with Crippen molar-refractivity contribution in [2.24, 2.45) is 0 Å². The minimum absolute atomic E-state index is 0.0391. The fraction of sp³-hybridized carbons (Fsp3) is 0.381. The fourth-order valence-electron chi connectivity index (χ4n) is 3.32. The highest BCUT2D eigenvalue weighted by Gasteiger charge is 2.24. The number of carbonyl (C=O) groups is 1. The molecule has 7 nitrogen and oxygen atoms in total. The van der Waals surface area contributed by atoms with Crippen molar-refractivity contribution in [1.29, 1.82) is 0 Å². The Hall–Kier alpha value is -2.36. The van der Waals surface area contributed by atoms with Crippen LogP contribution < -0.4 is 10.1 Å². The predicted octanol–water partition coefficient (Wildman–Crippen LogP) is 3.78. The van der Waals surface area contributed by atoms with Gasteiger partial charge in [-0.2, -0.15) is 0 Å². The quantitative estimate of drug-likeness (QED) is 0.533. The molecule has 4 rings (SSSR count). The number of methoxy groups -OCH3 is 1. The van der Waals surface area contributed by atoms with E-state index in [2.05, 4.69) is 15.5 Å². The number of nitrogens with zero attached hydrogens (tertiary/aromatic N) is 3. The number of ether oxygens (including phenoxy) is 2. The largest absolute Gasteiger partial charge is 0.495 e. The Morgan fingerprint density at radius 3 is 2.97 bits per heavy atom. The molecular weight excluding hydrogens is 420 g/mol. The van der Waals surface area contributed by atoms with Crippen molar-refractivity contribution in [3.05, 3.63) is 41.8 Å². The molecule has 1 aromatic carbocycles. The van der Waals surface area contributed by atoms with Gasteiger partial charge in [-0.05, 0) is 43.3 Å². The average Bonchev–Trinajstić information content (AvgIpc) is 3.53. The zero-order chi connectivity index (χ0) is 20.9. The first-order chi connectivity index (χ1) is 14.7. The third-order valence-corrected chi connectivity index (χ3v) is 6.79. The van der Waals surface area contributed by atoms with Crippen LogP contribution in [0.3, 0.4) is 0 Å². The summed E-state index contributed by atoms with van der Waals surface area (Å²) in [5.41, 5.74) is 0.836. The Bertz CT molecular complexity index is 984. The Morgan fingerprint density at radius 2 is 2.23 bits per heavy atom. The van der Waals surface area contributed by atoms with Crippen LogP contribution in [0.1, 0.15) is 19.8 Å². The molecule has 0 bridgehead atoms. The van der Waals surface area contributed by atoms with Crippen molar-refractivity contribution in [2.45, 2.75) is 36.3 Å². The summed E-state index contributed by atoms with van der Waals surface area (Å²) in [6, 6.07) is 11.7. The number of carbonyl (C=O) groups excluding carboxylic acids is 1. The molecular formula is C21H24N4O3S2. The number of rotatable bonds is 8. The van der Waals surface area contributed by atoms with Crippen molar-refractivity contribution >= 4 is 29.0 Å². The molecule has 3 heterocycles. The molecule has 1 fully saturated rings. The second-order valence-electron chi connectivity index (χ2n) is 6.93. The molecule has 0 saturated carbocycles. The fourth-order valence-corrected chi connectivity index (χ4v) is 4.90. The summed E-state index contributed by atoms with van der Waals surface area (Å²) in [6.07, 6.45) is 2.17. The number of benzene rings is 1. The van der Waals surface area contributed by atoms with Gasteiger partial charge in [-0.3, -0.25) is 9.36 Å². The molecule has 1 aliphatic heterocycles. The number of hydrogen-bond donors (Lipinski definition) is 1. The standard InChI is InChI=1S/C21H24N4O3S2/c1-14(20(26)22-13-15-7-5-11-28-15)30-21-24-23-19(18-10-6-12-29-18)25(21)16-8-3-4-9-17(16)27-2/h3-4,6,8-10,12,14-15H,5,7,11,13H2,1-2H3,(H,22,26)/t14-,15+/m0/s1. The van der Waals surface area contributed by atoms with Crippen molar-refractivity contribution in [1.82, 2.24) is 20.1 Å². The number of nitrogens with one attached hydrogen (secondary N) is 1. The molecule has 1 amide bonds. The molecule has 1 saturated heterocycles. The topological polar surface area (TPSA) is 78.3 Å². The van der Waals surface area contributed by atoms with E-state index in [9.17, 15) is 4.79 Å². The number of thiophene rings is 1. The molecule has 158 valence electrons. The molecule has 0 radical (unpaired) electrons. The number of thioether (sulfide) groups is 1. The van der Waals surface area contributed by atoms with Gasteiger partial charge in [0.15, 0.2) is 11.0 Å². The van der Waals surface area contributed by atoms with Crippen molar-refractivity contribution in [3.8, 4) is 22.1 Å². The molecule has 9 heteroatoms. The summed E-state index contributed by atoms with van der Waals surface area (Å²) in [6.45, 7) is 3.20. The zero-order valence-corrected chi connectivity index (χ0v) is 18.5. The van der Waals surface area contributed by atoms with Crippen molar-refractivity contribution in [2.75, 3.05) is 20.3 Å². The summed E-state index contributed by atoms with van der Waals surface area (Å²) in [4.78, 5) is 13.6. The first-order valence-corrected chi connectivity index (χ1v) is 11.6. The molecule has 0 unspecified atom stereocenters. The van der Waals surface area contributed by atoms with Gasteiger partial charge in [0.05, 0.1) is 29.0 Å². The summed E-state index contributed by atoms with van der Waals surface area (Å²) in [7, 11) is 1.64. The second kappa shape index (κ2) is 9.63. The molecule has 1 N–H and O–H groups in total. The van der Waals surface area contributed by atoms with Gasteiger partial charge in [-0.25, -0.2) is 0 Å². The van der Waals surface area contributed by atoms with Crippen molar-refractivity contribution < 1.29 is 14.3 Å². The summed E-state index contributed by atoms with van der Waals surface area (Å²) in [5, 5.41) is 14.1. The van der Waals surface area contributed by atoms with E-state index < -0.39 is 0 Å². The Labute approximate surface area is 183 Å². The lowest BCUT2D eigenvalue weighted by Gasteiger charge is -2.16. The smallest absolute Gasteiger partial charge is 0.233 e. The minimum Gasteiger partial charge on any atom is -0.495 e. The molecule has 0 spiro atoms. The SMILES string of the molecule is COc1ccccc1-n1c(S[C@@H](C)C(=O)NC[C@H]2CCCO2)nnc1-c1cccs1. The number of para-hydroxylation sites is 2. The Balaban J connectivity index is 1.59. The van der Waals surface area contributed by atoms with Gasteiger partial charge in [0, 0.05) is 13.2 Å². The Morgan fingerprint density at radius 1 is 1.37 bits per heavy atom. The molecule has 30 heavy (non-hydrogen) atoms. The molecule has 3 aromatic rings. The highest BCUT2D eigenvalue weighted by atomic mass is 32.2. The maximum atomic E-state index is 12.6. The summed E-state index contributed by atoms with van der Waals surface area (Å²) >= 11 is 2.97.